The van der Waals surface area contributed by atoms with Gasteiger partial charge in [-0.1, -0.05) is 0 Å². The van der Waals surface area contributed by atoms with Gasteiger partial charge >= 0.3 is 0 Å². The quantitative estimate of drug-likeness (QED) is 0.764. The number of nitrogens with one attached hydrogen (secondary N) is 1. The molecular formula is C12H15FN2O2. The van der Waals surface area contributed by atoms with E-state index in [1.54, 1.807) is 0 Å². The molecule has 1 fully saturated rings. The number of hydrogen-bond acceptors (Lipinski definition) is 3. The molecule has 1 aromatic rings. The second-order valence-corrected chi connectivity index (χ2v) is 4.56. The minimum absolute atomic E-state index is 0.0295. The molecule has 92 valence electrons. The lowest BCUT2D eigenvalue weighted by Gasteiger charge is -2.23. The zero-order chi connectivity index (χ0) is 12.5. The minimum Gasteiger partial charge on any atom is -0.399 e. The summed E-state index contributed by atoms with van der Waals surface area (Å²) < 4.78 is 18.7. The van der Waals surface area contributed by atoms with Crippen LogP contribution in [-0.4, -0.2) is 24.7 Å². The molecule has 0 saturated carbocycles. The Bertz CT molecular complexity index is 442. The van der Waals surface area contributed by atoms with Gasteiger partial charge in [-0.2, -0.15) is 0 Å². The van der Waals surface area contributed by atoms with Crippen LogP contribution in [0.15, 0.2) is 18.2 Å². The van der Waals surface area contributed by atoms with Crippen LogP contribution in [0.1, 0.15) is 23.7 Å². The second kappa shape index (κ2) is 4.33. The van der Waals surface area contributed by atoms with Crippen molar-refractivity contribution in [3.05, 3.63) is 29.6 Å². The lowest BCUT2D eigenvalue weighted by Crippen LogP contribution is -2.46. The molecule has 0 aromatic heterocycles. The van der Waals surface area contributed by atoms with Crippen molar-refractivity contribution in [3.8, 4) is 0 Å². The van der Waals surface area contributed by atoms with Crippen LogP contribution in [0.5, 0.6) is 0 Å². The monoisotopic (exact) mass is 238 g/mol. The number of anilines is 1. The Labute approximate surface area is 98.9 Å². The maximum absolute atomic E-state index is 13.5. The largest absolute Gasteiger partial charge is 0.399 e. The predicted octanol–water partition coefficient (Wildman–Crippen LogP) is 1.32. The van der Waals surface area contributed by atoms with Crippen LogP contribution in [0.4, 0.5) is 10.1 Å². The van der Waals surface area contributed by atoms with Crippen molar-refractivity contribution in [1.82, 2.24) is 5.32 Å². The number of ether oxygens (including phenoxy) is 1. The fourth-order valence-electron chi connectivity index (χ4n) is 1.82. The molecule has 0 bridgehead atoms. The average Bonchev–Trinajstić information content (AvgIpc) is 2.68. The number of benzene rings is 1. The van der Waals surface area contributed by atoms with Crippen molar-refractivity contribution >= 4 is 11.6 Å². The summed E-state index contributed by atoms with van der Waals surface area (Å²) in [4.78, 5) is 11.9. The van der Waals surface area contributed by atoms with E-state index in [0.29, 0.717) is 18.9 Å². The van der Waals surface area contributed by atoms with E-state index in [0.717, 1.165) is 6.42 Å². The molecule has 1 aliphatic heterocycles. The summed E-state index contributed by atoms with van der Waals surface area (Å²) in [5.74, 6) is -1.03. The molecule has 0 spiro atoms. The van der Waals surface area contributed by atoms with Gasteiger partial charge in [0.2, 0.25) is 0 Å². The number of carbonyl (C=O) groups excluding carboxylic acids is 1. The predicted molar refractivity (Wildman–Crippen MR) is 62.1 cm³/mol. The Balaban J connectivity index is 2.17. The molecule has 1 aliphatic rings. The van der Waals surface area contributed by atoms with Gasteiger partial charge in [-0.25, -0.2) is 4.39 Å². The number of halogens is 1. The van der Waals surface area contributed by atoms with Gasteiger partial charge in [0.15, 0.2) is 0 Å². The molecule has 1 amide bonds. The number of nitrogen functional groups attached to an aromatic ring is 1. The van der Waals surface area contributed by atoms with E-state index in [2.05, 4.69) is 5.32 Å². The summed E-state index contributed by atoms with van der Waals surface area (Å²) >= 11 is 0. The fraction of sp³-hybridized carbons (Fsp3) is 0.417. The molecule has 1 unspecified atom stereocenters. The zero-order valence-corrected chi connectivity index (χ0v) is 9.63. The topological polar surface area (TPSA) is 64.4 Å². The Morgan fingerprint density at radius 3 is 3.00 bits per heavy atom. The van der Waals surface area contributed by atoms with Crippen LogP contribution < -0.4 is 11.1 Å². The lowest BCUT2D eigenvalue weighted by atomic mass is 10.0. The number of amides is 1. The molecule has 0 aliphatic carbocycles. The molecule has 1 saturated heterocycles. The number of rotatable bonds is 2. The summed E-state index contributed by atoms with van der Waals surface area (Å²) in [5, 5.41) is 2.78. The van der Waals surface area contributed by atoms with Gasteiger partial charge < -0.3 is 15.8 Å². The summed E-state index contributed by atoms with van der Waals surface area (Å²) in [5.41, 5.74) is 5.45. The molecule has 0 radical (unpaired) electrons. The van der Waals surface area contributed by atoms with Crippen LogP contribution in [0, 0.1) is 5.82 Å². The van der Waals surface area contributed by atoms with E-state index < -0.39 is 17.3 Å². The lowest BCUT2D eigenvalue weighted by molar-refractivity contribution is 0.0886. The SMILES string of the molecule is CC1(NC(=O)c2cc(N)ccc2F)CCOC1. The van der Waals surface area contributed by atoms with Crippen LogP contribution in [0.3, 0.4) is 0 Å². The molecule has 1 heterocycles. The van der Waals surface area contributed by atoms with Crippen molar-refractivity contribution in [2.75, 3.05) is 18.9 Å². The molecule has 2 rings (SSSR count). The maximum Gasteiger partial charge on any atom is 0.254 e. The maximum atomic E-state index is 13.5. The van der Waals surface area contributed by atoms with Gasteiger partial charge in [-0.05, 0) is 31.5 Å². The molecule has 17 heavy (non-hydrogen) atoms. The van der Waals surface area contributed by atoms with Gasteiger partial charge in [-0.15, -0.1) is 0 Å². The van der Waals surface area contributed by atoms with E-state index in [1.165, 1.54) is 18.2 Å². The van der Waals surface area contributed by atoms with E-state index >= 15 is 0 Å². The van der Waals surface area contributed by atoms with Crippen molar-refractivity contribution in [3.63, 3.8) is 0 Å². The highest BCUT2D eigenvalue weighted by Crippen LogP contribution is 2.19. The molecule has 5 heteroatoms. The van der Waals surface area contributed by atoms with E-state index in [1.807, 2.05) is 6.92 Å². The van der Waals surface area contributed by atoms with Crippen LogP contribution in [-0.2, 0) is 4.74 Å². The smallest absolute Gasteiger partial charge is 0.254 e. The summed E-state index contributed by atoms with van der Waals surface area (Å²) in [6.07, 6.45) is 0.725. The van der Waals surface area contributed by atoms with Crippen molar-refractivity contribution in [2.45, 2.75) is 18.9 Å². The van der Waals surface area contributed by atoms with Crippen LogP contribution in [0.25, 0.3) is 0 Å². The first kappa shape index (κ1) is 11.9. The van der Waals surface area contributed by atoms with Gasteiger partial charge in [0.05, 0.1) is 17.7 Å². The highest BCUT2D eigenvalue weighted by Gasteiger charge is 2.32. The number of nitrogens with two attached hydrogens (primary N) is 1. The molecule has 3 N–H and O–H groups in total. The molecular weight excluding hydrogens is 223 g/mol. The van der Waals surface area contributed by atoms with Gasteiger partial charge in [0.1, 0.15) is 5.82 Å². The number of carbonyl (C=O) groups is 1. The summed E-state index contributed by atoms with van der Waals surface area (Å²) in [7, 11) is 0. The van der Waals surface area contributed by atoms with Crippen molar-refractivity contribution in [1.29, 1.82) is 0 Å². The van der Waals surface area contributed by atoms with E-state index in [9.17, 15) is 9.18 Å². The number of hydrogen-bond donors (Lipinski definition) is 2. The normalized spacial score (nSPS) is 23.6. The van der Waals surface area contributed by atoms with Crippen LogP contribution in [0.2, 0.25) is 0 Å². The van der Waals surface area contributed by atoms with Gasteiger partial charge in [-0.3, -0.25) is 4.79 Å². The third-order valence-corrected chi connectivity index (χ3v) is 2.87. The first-order valence-corrected chi connectivity index (χ1v) is 5.45. The molecule has 4 nitrogen and oxygen atoms in total. The fourth-order valence-corrected chi connectivity index (χ4v) is 1.82. The highest BCUT2D eigenvalue weighted by atomic mass is 19.1. The first-order chi connectivity index (χ1) is 8.00. The van der Waals surface area contributed by atoms with Crippen molar-refractivity contribution < 1.29 is 13.9 Å². The molecule has 1 aromatic carbocycles. The van der Waals surface area contributed by atoms with Crippen LogP contribution >= 0.6 is 0 Å². The van der Waals surface area contributed by atoms with Gasteiger partial charge in [0.25, 0.3) is 5.91 Å². The Morgan fingerprint density at radius 1 is 1.59 bits per heavy atom. The average molecular weight is 238 g/mol. The third-order valence-electron chi connectivity index (χ3n) is 2.87. The highest BCUT2D eigenvalue weighted by molar-refractivity contribution is 5.95. The summed E-state index contributed by atoms with van der Waals surface area (Å²) in [6.45, 7) is 2.93. The zero-order valence-electron chi connectivity index (χ0n) is 9.63. The molecule has 1 atom stereocenters. The second-order valence-electron chi connectivity index (χ2n) is 4.56. The van der Waals surface area contributed by atoms with Crippen molar-refractivity contribution in [2.24, 2.45) is 0 Å². The summed E-state index contributed by atoms with van der Waals surface area (Å²) in [6, 6.07) is 3.95. The standard InChI is InChI=1S/C12H15FN2O2/c1-12(4-5-17-7-12)15-11(16)9-6-8(14)2-3-10(9)13/h2-3,6H,4-5,7,14H2,1H3,(H,15,16). The minimum atomic E-state index is -0.570. The Morgan fingerprint density at radius 2 is 2.35 bits per heavy atom. The Kier molecular flexibility index (Phi) is 3.02. The van der Waals surface area contributed by atoms with Gasteiger partial charge in [0, 0.05) is 12.3 Å². The first-order valence-electron chi connectivity index (χ1n) is 5.45. The van der Waals surface area contributed by atoms with E-state index in [4.69, 9.17) is 10.5 Å². The van der Waals surface area contributed by atoms with E-state index in [-0.39, 0.29) is 5.56 Å². The third kappa shape index (κ3) is 2.55. The Hall–Kier alpha value is -1.62.